The maximum Gasteiger partial charge on any atom is 0.414 e. The topological polar surface area (TPSA) is 117 Å². The molecular formula is C16H28N2O6. The molecule has 8 nitrogen and oxygen atoms in total. The number of morpholine rings is 2. The van der Waals surface area contributed by atoms with Gasteiger partial charge in [-0.3, -0.25) is 0 Å². The number of aliphatic carboxylic acids is 2. The number of nitrogens with one attached hydrogen (secondary N) is 2. The lowest BCUT2D eigenvalue weighted by atomic mass is 9.77. The summed E-state index contributed by atoms with van der Waals surface area (Å²) in [7, 11) is 0. The van der Waals surface area contributed by atoms with Gasteiger partial charge in [-0.25, -0.2) is 9.59 Å². The first-order valence-corrected chi connectivity index (χ1v) is 8.59. The fraction of sp³-hybridized carbons (Fsp3) is 0.875. The number of hydrogen-bond acceptors (Lipinski definition) is 6. The number of carboxylic acids is 2. The molecule has 0 radical (unpaired) electrons. The summed E-state index contributed by atoms with van der Waals surface area (Å²) in [5.74, 6) is -3.65. The van der Waals surface area contributed by atoms with Crippen LogP contribution in [-0.4, -0.2) is 72.7 Å². The molecule has 8 heteroatoms. The van der Waals surface area contributed by atoms with Crippen molar-refractivity contribution < 1.29 is 29.3 Å². The molecule has 2 saturated heterocycles. The van der Waals surface area contributed by atoms with E-state index in [0.717, 1.165) is 39.5 Å². The van der Waals surface area contributed by atoms with Crippen molar-refractivity contribution in [2.75, 3.05) is 39.5 Å². The molecule has 0 aromatic heterocycles. The van der Waals surface area contributed by atoms with Crippen LogP contribution >= 0.6 is 0 Å². The van der Waals surface area contributed by atoms with Crippen LogP contribution in [0.2, 0.25) is 0 Å². The molecule has 0 atom stereocenters. The fourth-order valence-electron chi connectivity index (χ4n) is 3.26. The maximum atomic E-state index is 9.10. The molecule has 4 aliphatic rings. The van der Waals surface area contributed by atoms with E-state index >= 15 is 0 Å². The smallest absolute Gasteiger partial charge is 0.414 e. The fourth-order valence-corrected chi connectivity index (χ4v) is 3.26. The minimum absolute atomic E-state index is 0.429. The van der Waals surface area contributed by atoms with Gasteiger partial charge >= 0.3 is 11.9 Å². The summed E-state index contributed by atoms with van der Waals surface area (Å²) < 4.78 is 10.7. The van der Waals surface area contributed by atoms with Crippen molar-refractivity contribution in [2.24, 2.45) is 0 Å². The van der Waals surface area contributed by atoms with Gasteiger partial charge in [-0.15, -0.1) is 0 Å². The molecule has 0 bridgehead atoms. The summed E-state index contributed by atoms with van der Waals surface area (Å²) in [6.07, 6.45) is 8.08. The van der Waals surface area contributed by atoms with E-state index in [1.165, 1.54) is 38.5 Å². The Morgan fingerprint density at radius 1 is 0.750 bits per heavy atom. The summed E-state index contributed by atoms with van der Waals surface area (Å²) in [5, 5.41) is 21.8. The second-order valence-corrected chi connectivity index (χ2v) is 6.84. The molecule has 24 heavy (non-hydrogen) atoms. The van der Waals surface area contributed by atoms with Crippen LogP contribution in [0.3, 0.4) is 0 Å². The summed E-state index contributed by atoms with van der Waals surface area (Å²) in [5.41, 5.74) is 0.858. The summed E-state index contributed by atoms with van der Waals surface area (Å²) in [4.78, 5) is 18.2. The highest BCUT2D eigenvalue weighted by atomic mass is 16.5. The number of hydrogen-bond donors (Lipinski definition) is 4. The first-order chi connectivity index (χ1) is 11.5. The van der Waals surface area contributed by atoms with Gasteiger partial charge in [0.05, 0.1) is 26.4 Å². The van der Waals surface area contributed by atoms with E-state index in [9.17, 15) is 0 Å². The van der Waals surface area contributed by atoms with Gasteiger partial charge in [0.15, 0.2) is 0 Å². The molecule has 0 aromatic carbocycles. The van der Waals surface area contributed by atoms with E-state index in [-0.39, 0.29) is 0 Å². The zero-order valence-electron chi connectivity index (χ0n) is 14.0. The monoisotopic (exact) mass is 344 g/mol. The van der Waals surface area contributed by atoms with Crippen LogP contribution in [0.4, 0.5) is 0 Å². The predicted molar refractivity (Wildman–Crippen MR) is 86.1 cm³/mol. The van der Waals surface area contributed by atoms with Crippen molar-refractivity contribution in [1.29, 1.82) is 0 Å². The van der Waals surface area contributed by atoms with Crippen molar-refractivity contribution in [3.63, 3.8) is 0 Å². The van der Waals surface area contributed by atoms with E-state index in [0.29, 0.717) is 11.1 Å². The van der Waals surface area contributed by atoms with Gasteiger partial charge in [-0.05, 0) is 38.5 Å². The maximum absolute atomic E-state index is 9.10. The van der Waals surface area contributed by atoms with Gasteiger partial charge in [0.25, 0.3) is 0 Å². The van der Waals surface area contributed by atoms with Crippen LogP contribution in [0.5, 0.6) is 0 Å². The van der Waals surface area contributed by atoms with Gasteiger partial charge in [-0.2, -0.15) is 0 Å². The first kappa shape index (κ1) is 19.1. The van der Waals surface area contributed by atoms with Crippen molar-refractivity contribution in [2.45, 2.75) is 49.6 Å². The highest BCUT2D eigenvalue weighted by Gasteiger charge is 2.38. The third kappa shape index (κ3) is 5.41. The second-order valence-electron chi connectivity index (χ2n) is 6.84. The standard InChI is InChI=1S/2C7H13NO.C2H2O4/c2*1-2-7(3-1)6-9-5-4-8-7;3-1(4)2(5)6/h2*8H,1-6H2;(H,3,4)(H,5,6). The summed E-state index contributed by atoms with van der Waals surface area (Å²) in [6.45, 7) is 5.82. The van der Waals surface area contributed by atoms with E-state index in [1.54, 1.807) is 0 Å². The lowest BCUT2D eigenvalue weighted by molar-refractivity contribution is -0.159. The van der Waals surface area contributed by atoms with Crippen LogP contribution in [-0.2, 0) is 19.1 Å². The average Bonchev–Trinajstić information content (AvgIpc) is 2.55. The molecule has 138 valence electrons. The van der Waals surface area contributed by atoms with Crippen LogP contribution in [0, 0.1) is 0 Å². The van der Waals surface area contributed by atoms with E-state index in [2.05, 4.69) is 10.6 Å². The minimum atomic E-state index is -1.82. The third-order valence-electron chi connectivity index (χ3n) is 5.05. The largest absolute Gasteiger partial charge is 0.473 e. The van der Waals surface area contributed by atoms with Crippen LogP contribution in [0.25, 0.3) is 0 Å². The molecular weight excluding hydrogens is 316 g/mol. The lowest BCUT2D eigenvalue weighted by Gasteiger charge is -2.45. The molecule has 2 heterocycles. The molecule has 2 spiro atoms. The lowest BCUT2D eigenvalue weighted by Crippen LogP contribution is -2.58. The zero-order valence-corrected chi connectivity index (χ0v) is 14.0. The van der Waals surface area contributed by atoms with E-state index in [4.69, 9.17) is 29.3 Å². The number of carboxylic acid groups (broad SMARTS) is 2. The van der Waals surface area contributed by atoms with Crippen molar-refractivity contribution in [3.8, 4) is 0 Å². The Labute approximate surface area is 141 Å². The SMILES string of the molecule is C1CC2(C1)COCCN2.C1CC2(C1)COCCN2.O=C(O)C(=O)O. The first-order valence-electron chi connectivity index (χ1n) is 8.59. The Bertz CT molecular complexity index is 378. The molecule has 0 amide bonds. The summed E-state index contributed by atoms with van der Waals surface area (Å²) >= 11 is 0. The van der Waals surface area contributed by atoms with Gasteiger partial charge in [0, 0.05) is 24.2 Å². The Balaban J connectivity index is 0.000000134. The summed E-state index contributed by atoms with van der Waals surface area (Å²) in [6, 6.07) is 0. The number of ether oxygens (including phenoxy) is 2. The van der Waals surface area contributed by atoms with Crippen molar-refractivity contribution >= 4 is 11.9 Å². The van der Waals surface area contributed by atoms with E-state index < -0.39 is 11.9 Å². The number of carbonyl (C=O) groups is 2. The van der Waals surface area contributed by atoms with E-state index in [1.807, 2.05) is 0 Å². The van der Waals surface area contributed by atoms with Gasteiger partial charge in [-0.1, -0.05) is 0 Å². The van der Waals surface area contributed by atoms with Crippen molar-refractivity contribution in [1.82, 2.24) is 10.6 Å². The zero-order chi connectivity index (χ0) is 17.5. The average molecular weight is 344 g/mol. The molecule has 4 N–H and O–H groups in total. The molecule has 2 aliphatic heterocycles. The Hall–Kier alpha value is -1.22. The molecule has 4 fully saturated rings. The minimum Gasteiger partial charge on any atom is -0.473 e. The second kappa shape index (κ2) is 8.75. The van der Waals surface area contributed by atoms with Crippen molar-refractivity contribution in [3.05, 3.63) is 0 Å². The predicted octanol–water partition coefficient (Wildman–Crippen LogP) is 0.213. The Morgan fingerprint density at radius 3 is 1.25 bits per heavy atom. The Morgan fingerprint density at radius 2 is 1.12 bits per heavy atom. The Kier molecular flexibility index (Phi) is 6.97. The third-order valence-corrected chi connectivity index (χ3v) is 5.05. The molecule has 2 saturated carbocycles. The van der Waals surface area contributed by atoms with Gasteiger partial charge in [0.1, 0.15) is 0 Å². The number of rotatable bonds is 0. The highest BCUT2D eigenvalue weighted by Crippen LogP contribution is 2.33. The molecule has 4 rings (SSSR count). The highest BCUT2D eigenvalue weighted by molar-refractivity contribution is 6.27. The molecule has 0 aromatic rings. The van der Waals surface area contributed by atoms with Crippen LogP contribution in [0.15, 0.2) is 0 Å². The quantitative estimate of drug-likeness (QED) is 0.461. The van der Waals surface area contributed by atoms with Crippen LogP contribution in [0.1, 0.15) is 38.5 Å². The van der Waals surface area contributed by atoms with Gasteiger partial charge < -0.3 is 30.3 Å². The van der Waals surface area contributed by atoms with Crippen LogP contribution < -0.4 is 10.6 Å². The molecule has 2 aliphatic carbocycles. The normalized spacial score (nSPS) is 25.8. The molecule has 0 unspecified atom stereocenters. The van der Waals surface area contributed by atoms with Gasteiger partial charge in [0.2, 0.25) is 0 Å².